The predicted molar refractivity (Wildman–Crippen MR) is 84.9 cm³/mol. The molecule has 0 saturated heterocycles. The minimum Gasteiger partial charge on any atom is -0.414 e. The Morgan fingerprint density at radius 2 is 1.92 bits per heavy atom. The van der Waals surface area contributed by atoms with Crippen molar-refractivity contribution in [2.75, 3.05) is 4.72 Å². The van der Waals surface area contributed by atoms with Gasteiger partial charge in [-0.15, -0.1) is 0 Å². The lowest BCUT2D eigenvalue weighted by atomic mass is 10.2. The quantitative estimate of drug-likeness (QED) is 0.756. The normalized spacial score (nSPS) is 12.0. The van der Waals surface area contributed by atoms with Gasteiger partial charge in [0, 0.05) is 6.42 Å². The maximum Gasteiger partial charge on any atom is 0.416 e. The van der Waals surface area contributed by atoms with E-state index in [1.54, 1.807) is 6.92 Å². The molecule has 0 unspecified atom stereocenters. The van der Waals surface area contributed by atoms with Gasteiger partial charge in [-0.25, -0.2) is 13.4 Å². The van der Waals surface area contributed by atoms with Crippen molar-refractivity contribution in [3.8, 4) is 5.06 Å². The molecule has 0 atom stereocenters. The third-order valence-corrected chi connectivity index (χ3v) is 5.14. The van der Waals surface area contributed by atoms with Crippen LogP contribution in [0.4, 0.5) is 18.3 Å². The first-order chi connectivity index (χ1) is 11.6. The van der Waals surface area contributed by atoms with Crippen molar-refractivity contribution < 1.29 is 31.1 Å². The fourth-order valence-corrected chi connectivity index (χ4v) is 3.64. The topological polar surface area (TPSA) is 85.4 Å². The number of esters is 1. The molecule has 0 spiro atoms. The average Bonchev–Trinajstić information content (AvgIpc) is 2.93. The van der Waals surface area contributed by atoms with Gasteiger partial charge in [-0.2, -0.15) is 13.2 Å². The Kier molecular flexibility index (Phi) is 5.68. The number of aromatic nitrogens is 1. The minimum absolute atomic E-state index is 0.0702. The van der Waals surface area contributed by atoms with Crippen molar-refractivity contribution in [1.29, 1.82) is 0 Å². The Hall–Kier alpha value is -2.14. The van der Waals surface area contributed by atoms with Crippen LogP contribution in [-0.4, -0.2) is 19.4 Å². The number of rotatable bonds is 6. The first-order valence-electron chi connectivity index (χ1n) is 6.98. The van der Waals surface area contributed by atoms with Crippen LogP contribution in [0, 0.1) is 0 Å². The van der Waals surface area contributed by atoms with Crippen molar-refractivity contribution in [1.82, 2.24) is 4.98 Å². The molecular weight excluding hydrogens is 381 g/mol. The zero-order valence-corrected chi connectivity index (χ0v) is 14.5. The zero-order valence-electron chi connectivity index (χ0n) is 12.8. The van der Waals surface area contributed by atoms with E-state index in [-0.39, 0.29) is 21.5 Å². The number of nitrogens with one attached hydrogen (secondary N) is 1. The molecule has 11 heteroatoms. The highest BCUT2D eigenvalue weighted by Crippen LogP contribution is 2.31. The highest BCUT2D eigenvalue weighted by molar-refractivity contribution is 7.93. The van der Waals surface area contributed by atoms with Gasteiger partial charge in [0.2, 0.25) is 5.06 Å². The summed E-state index contributed by atoms with van der Waals surface area (Å²) in [5.74, 6) is -0.469. The SMILES string of the molecule is CCCC(=O)Oc1cnc(NS(=O)(=O)c2ccc(C(F)(F)F)cc2)s1. The molecule has 6 nitrogen and oxygen atoms in total. The molecule has 0 saturated carbocycles. The lowest BCUT2D eigenvalue weighted by Gasteiger charge is -2.08. The predicted octanol–water partition coefficient (Wildman–Crippen LogP) is 3.67. The van der Waals surface area contributed by atoms with Crippen LogP contribution in [0.1, 0.15) is 25.3 Å². The molecule has 2 rings (SSSR count). The number of benzene rings is 1. The van der Waals surface area contributed by atoms with E-state index in [1.807, 2.05) is 0 Å². The highest BCUT2D eigenvalue weighted by Gasteiger charge is 2.30. The maximum atomic E-state index is 12.5. The first-order valence-corrected chi connectivity index (χ1v) is 9.28. The number of hydrogen-bond donors (Lipinski definition) is 1. The van der Waals surface area contributed by atoms with E-state index in [1.165, 1.54) is 6.20 Å². The maximum absolute atomic E-state index is 12.5. The molecule has 1 N–H and O–H groups in total. The molecule has 136 valence electrons. The summed E-state index contributed by atoms with van der Waals surface area (Å²) in [5, 5.41) is 0.0442. The molecule has 0 radical (unpaired) electrons. The lowest BCUT2D eigenvalue weighted by molar-refractivity contribution is -0.137. The van der Waals surface area contributed by atoms with E-state index in [4.69, 9.17) is 4.74 Å². The third-order valence-electron chi connectivity index (χ3n) is 2.87. The first kappa shape index (κ1) is 19.2. The van der Waals surface area contributed by atoms with Gasteiger partial charge < -0.3 is 4.74 Å². The summed E-state index contributed by atoms with van der Waals surface area (Å²) in [7, 11) is -4.11. The average molecular weight is 394 g/mol. The van der Waals surface area contributed by atoms with E-state index in [2.05, 4.69) is 9.71 Å². The van der Waals surface area contributed by atoms with Crippen LogP contribution in [-0.2, 0) is 21.0 Å². The monoisotopic (exact) mass is 394 g/mol. The van der Waals surface area contributed by atoms with Gasteiger partial charge >= 0.3 is 12.1 Å². The number of sulfonamides is 1. The van der Waals surface area contributed by atoms with E-state index < -0.39 is 27.7 Å². The largest absolute Gasteiger partial charge is 0.416 e. The number of halogens is 3. The second kappa shape index (κ2) is 7.40. The van der Waals surface area contributed by atoms with Crippen LogP contribution in [0.2, 0.25) is 0 Å². The van der Waals surface area contributed by atoms with Gasteiger partial charge in [0.1, 0.15) is 0 Å². The van der Waals surface area contributed by atoms with Crippen molar-refractivity contribution in [2.45, 2.75) is 30.8 Å². The van der Waals surface area contributed by atoms with Crippen LogP contribution < -0.4 is 9.46 Å². The highest BCUT2D eigenvalue weighted by atomic mass is 32.2. The molecular formula is C14H13F3N2O4S2. The molecule has 0 bridgehead atoms. The number of carbonyl (C=O) groups is 1. The van der Waals surface area contributed by atoms with E-state index in [0.717, 1.165) is 23.5 Å². The smallest absolute Gasteiger partial charge is 0.414 e. The minimum atomic E-state index is -4.55. The second-order valence-electron chi connectivity index (χ2n) is 4.84. The van der Waals surface area contributed by atoms with Crippen LogP contribution in [0.25, 0.3) is 0 Å². The molecule has 0 amide bonds. The van der Waals surface area contributed by atoms with Crippen LogP contribution >= 0.6 is 11.3 Å². The van der Waals surface area contributed by atoms with Crippen molar-refractivity contribution in [3.05, 3.63) is 36.0 Å². The Morgan fingerprint density at radius 1 is 1.28 bits per heavy atom. The summed E-state index contributed by atoms with van der Waals surface area (Å²) in [6, 6.07) is 3.05. The number of nitrogens with zero attached hydrogens (tertiary/aromatic N) is 1. The Labute approximate surface area is 145 Å². The van der Waals surface area contributed by atoms with Crippen LogP contribution in [0.5, 0.6) is 5.06 Å². The molecule has 1 aromatic carbocycles. The second-order valence-corrected chi connectivity index (χ2v) is 7.51. The Bertz CT molecular complexity index is 846. The van der Waals surface area contributed by atoms with Gasteiger partial charge in [0.15, 0.2) is 5.13 Å². The molecule has 0 aliphatic carbocycles. The lowest BCUT2D eigenvalue weighted by Crippen LogP contribution is -2.13. The molecule has 1 aromatic heterocycles. The number of carbonyl (C=O) groups excluding carboxylic acids is 1. The summed E-state index contributed by atoms with van der Waals surface area (Å²) < 4.78 is 68.9. The van der Waals surface area contributed by atoms with Gasteiger partial charge in [-0.3, -0.25) is 9.52 Å². The standard InChI is InChI=1S/C14H13F3N2O4S2/c1-2-3-11(20)23-12-8-18-13(24-12)19-25(21,22)10-6-4-9(5-7-10)14(15,16)17/h4-8H,2-3H2,1H3,(H,18,19). The summed E-state index contributed by atoms with van der Waals surface area (Å²) in [6.07, 6.45) is -2.55. The Morgan fingerprint density at radius 3 is 2.48 bits per heavy atom. The van der Waals surface area contributed by atoms with Crippen LogP contribution in [0.15, 0.2) is 35.4 Å². The molecule has 1 heterocycles. The zero-order chi connectivity index (χ0) is 18.7. The number of alkyl halides is 3. The number of thiazole rings is 1. The fraction of sp³-hybridized carbons (Fsp3) is 0.286. The van der Waals surface area contributed by atoms with E-state index in [9.17, 15) is 26.4 Å². The summed E-state index contributed by atoms with van der Waals surface area (Å²) in [4.78, 5) is 14.8. The van der Waals surface area contributed by atoms with E-state index >= 15 is 0 Å². The van der Waals surface area contributed by atoms with E-state index in [0.29, 0.717) is 18.6 Å². The van der Waals surface area contributed by atoms with Crippen molar-refractivity contribution in [2.24, 2.45) is 0 Å². The van der Waals surface area contributed by atoms with Gasteiger partial charge in [0.05, 0.1) is 16.7 Å². The van der Waals surface area contributed by atoms with Gasteiger partial charge in [-0.05, 0) is 30.7 Å². The van der Waals surface area contributed by atoms with Crippen LogP contribution in [0.3, 0.4) is 0 Å². The summed E-state index contributed by atoms with van der Waals surface area (Å²) in [6.45, 7) is 1.80. The van der Waals surface area contributed by atoms with Crippen molar-refractivity contribution >= 4 is 32.5 Å². The third kappa shape index (κ3) is 5.16. The number of anilines is 1. The van der Waals surface area contributed by atoms with Crippen molar-refractivity contribution in [3.63, 3.8) is 0 Å². The van der Waals surface area contributed by atoms with Gasteiger partial charge in [-0.1, -0.05) is 18.3 Å². The summed E-state index contributed by atoms with van der Waals surface area (Å²) in [5.41, 5.74) is -0.953. The molecule has 0 fully saturated rings. The van der Waals surface area contributed by atoms with Gasteiger partial charge in [0.25, 0.3) is 10.0 Å². The molecule has 0 aliphatic heterocycles. The molecule has 2 aromatic rings. The number of ether oxygens (including phenoxy) is 1. The number of hydrogen-bond acceptors (Lipinski definition) is 6. The summed E-state index contributed by atoms with van der Waals surface area (Å²) >= 11 is 0.792. The fourth-order valence-electron chi connectivity index (χ4n) is 1.72. The molecule has 25 heavy (non-hydrogen) atoms. The Balaban J connectivity index is 2.11. The molecule has 0 aliphatic rings.